The number of nitrogens with zero attached hydrogens (tertiary/aromatic N) is 3. The van der Waals surface area contributed by atoms with Gasteiger partial charge in [-0.2, -0.15) is 0 Å². The van der Waals surface area contributed by atoms with Crippen molar-refractivity contribution in [1.82, 2.24) is 4.90 Å². The molecule has 6 nitrogen and oxygen atoms in total. The van der Waals surface area contributed by atoms with Crippen molar-refractivity contribution >= 4 is 46.1 Å². The summed E-state index contributed by atoms with van der Waals surface area (Å²) in [5, 5.41) is 11.1. The first kappa shape index (κ1) is 19.1. The summed E-state index contributed by atoms with van der Waals surface area (Å²) in [4.78, 5) is 29.9. The molecule has 0 atom stereocenters. The summed E-state index contributed by atoms with van der Waals surface area (Å²) in [5.41, 5.74) is 1.35. The van der Waals surface area contributed by atoms with Crippen LogP contribution in [0.15, 0.2) is 47.5 Å². The minimum atomic E-state index is -0.914. The number of thiocarbonyl (C=S) groups is 1. The predicted molar refractivity (Wildman–Crippen MR) is 109 cm³/mol. The van der Waals surface area contributed by atoms with Gasteiger partial charge in [0.15, 0.2) is 0 Å². The summed E-state index contributed by atoms with van der Waals surface area (Å²) < 4.78 is 0. The summed E-state index contributed by atoms with van der Waals surface area (Å²) in [6, 6.07) is 11.6. The second kappa shape index (κ2) is 6.83. The molecule has 27 heavy (non-hydrogen) atoms. The van der Waals surface area contributed by atoms with E-state index in [4.69, 9.17) is 23.8 Å². The predicted octanol–water partition coefficient (Wildman–Crippen LogP) is 4.57. The molecule has 0 spiro atoms. The number of carbonyl (C=O) groups excluding carboxylic acids is 1. The van der Waals surface area contributed by atoms with E-state index in [0.717, 1.165) is 17.2 Å². The minimum absolute atomic E-state index is 0.0311. The van der Waals surface area contributed by atoms with Gasteiger partial charge in [0.2, 0.25) is 0 Å². The fraction of sp³-hybridized carbons (Fsp3) is 0.211. The van der Waals surface area contributed by atoms with E-state index in [1.54, 1.807) is 13.8 Å². The first-order valence-electron chi connectivity index (χ1n) is 8.11. The number of hydrogen-bond acceptors (Lipinski definition) is 5. The summed E-state index contributed by atoms with van der Waals surface area (Å²) in [6.45, 7) is 5.51. The van der Waals surface area contributed by atoms with Crippen LogP contribution in [0.1, 0.15) is 35.3 Å². The van der Waals surface area contributed by atoms with E-state index in [-0.39, 0.29) is 21.3 Å². The lowest BCUT2D eigenvalue weighted by atomic mass is 10.1. The molecule has 0 saturated heterocycles. The van der Waals surface area contributed by atoms with Gasteiger partial charge in [-0.05, 0) is 32.9 Å². The third-order valence-corrected chi connectivity index (χ3v) is 4.95. The van der Waals surface area contributed by atoms with E-state index in [0.29, 0.717) is 5.71 Å². The van der Waals surface area contributed by atoms with Crippen LogP contribution in [0.25, 0.3) is 0 Å². The number of aliphatic imine (C=N–C) groups is 1. The van der Waals surface area contributed by atoms with E-state index >= 15 is 0 Å². The molecule has 8 heteroatoms. The average Bonchev–Trinajstić information content (AvgIpc) is 2.84. The number of rotatable bonds is 3. The largest absolute Gasteiger partial charge is 0.288 e. The zero-order chi connectivity index (χ0) is 19.9. The first-order chi connectivity index (χ1) is 12.6. The van der Waals surface area contributed by atoms with Gasteiger partial charge in [-0.1, -0.05) is 53.6 Å². The highest BCUT2D eigenvalue weighted by atomic mass is 35.5. The van der Waals surface area contributed by atoms with Gasteiger partial charge in [0, 0.05) is 17.2 Å². The minimum Gasteiger partial charge on any atom is -0.272 e. The highest BCUT2D eigenvalue weighted by Crippen LogP contribution is 2.31. The molecule has 0 aromatic heterocycles. The third kappa shape index (κ3) is 3.48. The standard InChI is InChI=1S/C19H16ClN3O3S/c1-11-4-6-12(7-5-11)16-18(27)22(19(2,3)21-16)17(24)13-8-9-14(20)15(10-13)23(25)26/h4-10H,1-3H3. The third-order valence-electron chi connectivity index (χ3n) is 4.26. The van der Waals surface area contributed by atoms with Gasteiger partial charge < -0.3 is 0 Å². The van der Waals surface area contributed by atoms with Crippen molar-refractivity contribution in [3.63, 3.8) is 0 Å². The van der Waals surface area contributed by atoms with Crippen LogP contribution in [0.5, 0.6) is 0 Å². The SMILES string of the molecule is Cc1ccc(C2=NC(C)(C)N(C(=O)c3ccc(Cl)c([N+](=O)[O-])c3)C2=S)cc1. The molecule has 1 amide bonds. The molecule has 1 aliphatic rings. The van der Waals surface area contributed by atoms with Crippen LogP contribution < -0.4 is 0 Å². The highest BCUT2D eigenvalue weighted by molar-refractivity contribution is 7.82. The van der Waals surface area contributed by atoms with Gasteiger partial charge in [0.1, 0.15) is 21.4 Å². The van der Waals surface area contributed by atoms with Crippen LogP contribution in [0.2, 0.25) is 5.02 Å². The first-order valence-corrected chi connectivity index (χ1v) is 8.90. The molecule has 3 rings (SSSR count). The van der Waals surface area contributed by atoms with E-state index < -0.39 is 16.5 Å². The van der Waals surface area contributed by atoms with Gasteiger partial charge >= 0.3 is 0 Å². The van der Waals surface area contributed by atoms with Crippen molar-refractivity contribution in [2.45, 2.75) is 26.4 Å². The lowest BCUT2D eigenvalue weighted by Gasteiger charge is -2.29. The Balaban J connectivity index is 1.99. The topological polar surface area (TPSA) is 75.8 Å². The molecule has 2 aromatic carbocycles. The van der Waals surface area contributed by atoms with Crippen LogP contribution in [0, 0.1) is 17.0 Å². The van der Waals surface area contributed by atoms with E-state index in [2.05, 4.69) is 4.99 Å². The molecule has 0 radical (unpaired) electrons. The zero-order valence-corrected chi connectivity index (χ0v) is 16.5. The number of carbonyl (C=O) groups is 1. The number of hydrogen-bond donors (Lipinski definition) is 0. The number of nitro benzene ring substituents is 1. The fourth-order valence-electron chi connectivity index (χ4n) is 2.88. The molecule has 0 N–H and O–H groups in total. The number of amides is 1. The normalized spacial score (nSPS) is 15.6. The van der Waals surface area contributed by atoms with Gasteiger partial charge in [0.25, 0.3) is 11.6 Å². The summed E-state index contributed by atoms with van der Waals surface area (Å²) in [6.07, 6.45) is 0. The molecular weight excluding hydrogens is 386 g/mol. The Morgan fingerprint density at radius 2 is 1.85 bits per heavy atom. The molecule has 0 bridgehead atoms. The number of benzene rings is 2. The Kier molecular flexibility index (Phi) is 4.84. The van der Waals surface area contributed by atoms with Gasteiger partial charge in [-0.3, -0.25) is 24.8 Å². The number of aryl methyl sites for hydroxylation is 1. The maximum atomic E-state index is 13.1. The number of nitro groups is 1. The lowest BCUT2D eigenvalue weighted by molar-refractivity contribution is -0.384. The van der Waals surface area contributed by atoms with E-state index in [9.17, 15) is 14.9 Å². The quantitative estimate of drug-likeness (QED) is 0.429. The summed E-state index contributed by atoms with van der Waals surface area (Å²) in [7, 11) is 0. The second-order valence-corrected chi connectivity index (χ2v) is 7.48. The summed E-state index contributed by atoms with van der Waals surface area (Å²) in [5.74, 6) is -0.462. The molecule has 0 saturated carbocycles. The Bertz CT molecular complexity index is 1000. The maximum Gasteiger partial charge on any atom is 0.288 e. The van der Waals surface area contributed by atoms with Crippen LogP contribution >= 0.6 is 23.8 Å². The fourth-order valence-corrected chi connectivity index (χ4v) is 3.54. The Hall–Kier alpha value is -2.64. The molecule has 1 aliphatic heterocycles. The smallest absolute Gasteiger partial charge is 0.272 e. The van der Waals surface area contributed by atoms with Gasteiger partial charge in [-0.25, -0.2) is 0 Å². The van der Waals surface area contributed by atoms with Gasteiger partial charge in [0.05, 0.1) is 4.92 Å². The molecule has 0 aliphatic carbocycles. The molecule has 0 unspecified atom stereocenters. The van der Waals surface area contributed by atoms with Crippen molar-refractivity contribution < 1.29 is 9.72 Å². The zero-order valence-electron chi connectivity index (χ0n) is 14.9. The van der Waals surface area contributed by atoms with Crippen molar-refractivity contribution in [3.8, 4) is 0 Å². The van der Waals surface area contributed by atoms with Crippen molar-refractivity contribution in [1.29, 1.82) is 0 Å². The second-order valence-electron chi connectivity index (χ2n) is 6.69. The lowest BCUT2D eigenvalue weighted by Crippen LogP contribution is -2.46. The monoisotopic (exact) mass is 401 g/mol. The van der Waals surface area contributed by atoms with E-state index in [1.807, 2.05) is 31.2 Å². The highest BCUT2D eigenvalue weighted by Gasteiger charge is 2.42. The van der Waals surface area contributed by atoms with Gasteiger partial charge in [-0.15, -0.1) is 0 Å². The van der Waals surface area contributed by atoms with Crippen LogP contribution in [0.3, 0.4) is 0 Å². The maximum absolute atomic E-state index is 13.1. The van der Waals surface area contributed by atoms with Crippen molar-refractivity contribution in [2.75, 3.05) is 0 Å². The number of halogens is 1. The molecule has 138 valence electrons. The van der Waals surface area contributed by atoms with Crippen molar-refractivity contribution in [2.24, 2.45) is 4.99 Å². The Labute approximate surface area is 166 Å². The Morgan fingerprint density at radius 1 is 1.22 bits per heavy atom. The molecule has 0 fully saturated rings. The molecular formula is C19H16ClN3O3S. The Morgan fingerprint density at radius 3 is 2.44 bits per heavy atom. The molecule has 1 heterocycles. The van der Waals surface area contributed by atoms with Crippen LogP contribution in [-0.2, 0) is 0 Å². The average molecular weight is 402 g/mol. The van der Waals surface area contributed by atoms with E-state index in [1.165, 1.54) is 17.0 Å². The van der Waals surface area contributed by atoms with Crippen LogP contribution in [0.4, 0.5) is 5.69 Å². The summed E-state index contributed by atoms with van der Waals surface area (Å²) >= 11 is 11.4. The van der Waals surface area contributed by atoms with Crippen LogP contribution in [-0.4, -0.2) is 32.1 Å². The molecule has 2 aromatic rings. The van der Waals surface area contributed by atoms with Crippen molar-refractivity contribution in [3.05, 3.63) is 74.3 Å².